The van der Waals surface area contributed by atoms with E-state index in [1.165, 1.54) is 6.08 Å². The van der Waals surface area contributed by atoms with Gasteiger partial charge < -0.3 is 15.0 Å². The van der Waals surface area contributed by atoms with Gasteiger partial charge in [0.15, 0.2) is 11.9 Å². The van der Waals surface area contributed by atoms with E-state index in [4.69, 9.17) is 4.74 Å². The second-order valence-corrected chi connectivity index (χ2v) is 3.94. The van der Waals surface area contributed by atoms with Crippen molar-refractivity contribution in [2.45, 2.75) is 6.10 Å². The molecule has 1 aliphatic heterocycles. The van der Waals surface area contributed by atoms with Gasteiger partial charge in [0.25, 0.3) is 6.47 Å². The van der Waals surface area contributed by atoms with Crippen molar-refractivity contribution in [1.29, 1.82) is 0 Å². The molecule has 1 fully saturated rings. The van der Waals surface area contributed by atoms with Crippen LogP contribution in [-0.4, -0.2) is 42.8 Å². The number of hydrogen-bond acceptors (Lipinski definition) is 6. The highest BCUT2D eigenvalue weighted by molar-refractivity contribution is 5.40. The highest BCUT2D eigenvalue weighted by Crippen LogP contribution is 2.17. The molecule has 18 heavy (non-hydrogen) atoms. The monoisotopic (exact) mass is 248 g/mol. The Labute approximate surface area is 106 Å². The molecule has 0 amide bonds. The van der Waals surface area contributed by atoms with Crippen LogP contribution >= 0.6 is 0 Å². The number of carbonyl (C=O) groups excluding carboxylic acids is 1. The Hall–Kier alpha value is -1.95. The van der Waals surface area contributed by atoms with Gasteiger partial charge >= 0.3 is 0 Å². The van der Waals surface area contributed by atoms with Gasteiger partial charge in [-0.1, -0.05) is 6.58 Å². The molecule has 1 N–H and O–H groups in total. The van der Waals surface area contributed by atoms with Gasteiger partial charge in [-0.2, -0.15) is 0 Å². The van der Waals surface area contributed by atoms with Crippen LogP contribution in [0.4, 0.5) is 5.82 Å². The van der Waals surface area contributed by atoms with Crippen LogP contribution in [0.5, 0.6) is 0 Å². The maximum absolute atomic E-state index is 10.3. The molecule has 1 unspecified atom stereocenters. The largest absolute Gasteiger partial charge is 0.454 e. The van der Waals surface area contributed by atoms with Crippen LogP contribution in [0.3, 0.4) is 0 Å². The van der Waals surface area contributed by atoms with Crippen molar-refractivity contribution in [3.05, 3.63) is 30.5 Å². The van der Waals surface area contributed by atoms with Crippen LogP contribution in [-0.2, 0) is 9.53 Å². The van der Waals surface area contributed by atoms with Gasteiger partial charge in [0, 0.05) is 26.2 Å². The Kier molecular flexibility index (Phi) is 4.25. The van der Waals surface area contributed by atoms with Crippen LogP contribution < -0.4 is 10.2 Å². The summed E-state index contributed by atoms with van der Waals surface area (Å²) in [6.45, 7) is 7.73. The molecule has 0 bridgehead atoms. The first-order chi connectivity index (χ1) is 8.85. The number of ether oxygens (including phenoxy) is 1. The van der Waals surface area contributed by atoms with Crippen molar-refractivity contribution in [3.63, 3.8) is 0 Å². The van der Waals surface area contributed by atoms with Gasteiger partial charge in [-0.15, -0.1) is 10.2 Å². The SMILES string of the molecule is C=CC(OC=O)c1ccc(N2CCNCC2)nn1. The third kappa shape index (κ3) is 2.84. The average Bonchev–Trinajstić information content (AvgIpc) is 2.46. The van der Waals surface area contributed by atoms with Crippen molar-refractivity contribution in [2.24, 2.45) is 0 Å². The van der Waals surface area contributed by atoms with Crippen molar-refractivity contribution in [1.82, 2.24) is 15.5 Å². The third-order valence-corrected chi connectivity index (χ3v) is 2.82. The Morgan fingerprint density at radius 3 is 2.72 bits per heavy atom. The average molecular weight is 248 g/mol. The van der Waals surface area contributed by atoms with Crippen LogP contribution in [0.1, 0.15) is 11.8 Å². The predicted octanol–water partition coefficient (Wildman–Crippen LogP) is 0.286. The number of carbonyl (C=O) groups is 1. The first-order valence-corrected chi connectivity index (χ1v) is 5.86. The molecule has 1 atom stereocenters. The minimum absolute atomic E-state index is 0.387. The van der Waals surface area contributed by atoms with Crippen molar-refractivity contribution in [2.75, 3.05) is 31.1 Å². The van der Waals surface area contributed by atoms with Crippen molar-refractivity contribution < 1.29 is 9.53 Å². The van der Waals surface area contributed by atoms with Crippen LogP contribution in [0.25, 0.3) is 0 Å². The summed E-state index contributed by atoms with van der Waals surface area (Å²) in [6, 6.07) is 3.69. The molecule has 2 heterocycles. The summed E-state index contributed by atoms with van der Waals surface area (Å²) in [7, 11) is 0. The molecule has 6 heteroatoms. The summed E-state index contributed by atoms with van der Waals surface area (Å²) in [4.78, 5) is 12.5. The van der Waals surface area contributed by atoms with Crippen LogP contribution in [0.2, 0.25) is 0 Å². The number of rotatable bonds is 5. The lowest BCUT2D eigenvalue weighted by molar-refractivity contribution is -0.132. The highest BCUT2D eigenvalue weighted by Gasteiger charge is 2.14. The maximum Gasteiger partial charge on any atom is 0.294 e. The molecule has 0 spiro atoms. The lowest BCUT2D eigenvalue weighted by Gasteiger charge is -2.28. The fourth-order valence-corrected chi connectivity index (χ4v) is 1.86. The maximum atomic E-state index is 10.3. The zero-order valence-electron chi connectivity index (χ0n) is 10.1. The molecule has 0 aromatic carbocycles. The second kappa shape index (κ2) is 6.11. The van der Waals surface area contributed by atoms with Gasteiger partial charge in [-0.3, -0.25) is 4.79 Å². The first kappa shape index (κ1) is 12.5. The molecule has 6 nitrogen and oxygen atoms in total. The quantitative estimate of drug-likeness (QED) is 0.596. The van der Waals surface area contributed by atoms with E-state index in [1.54, 1.807) is 6.07 Å². The molecular formula is C12H16N4O2. The van der Waals surface area contributed by atoms with Gasteiger partial charge in [0.1, 0.15) is 5.69 Å². The molecule has 0 radical (unpaired) electrons. The summed E-state index contributed by atoms with van der Waals surface area (Å²) in [5.41, 5.74) is 0.580. The number of aromatic nitrogens is 2. The topological polar surface area (TPSA) is 67.3 Å². The van der Waals surface area contributed by atoms with Crippen molar-refractivity contribution >= 4 is 12.3 Å². The lowest BCUT2D eigenvalue weighted by atomic mass is 10.2. The normalized spacial score (nSPS) is 17.0. The predicted molar refractivity (Wildman–Crippen MR) is 67.2 cm³/mol. The Morgan fingerprint density at radius 2 is 2.17 bits per heavy atom. The van der Waals surface area contributed by atoms with Gasteiger partial charge in [0.05, 0.1) is 0 Å². The zero-order valence-corrected chi connectivity index (χ0v) is 10.1. The summed E-state index contributed by atoms with van der Waals surface area (Å²) in [5, 5.41) is 11.5. The van der Waals surface area contributed by atoms with Gasteiger partial charge in [0.2, 0.25) is 0 Å². The summed E-state index contributed by atoms with van der Waals surface area (Å²) in [6.07, 6.45) is 0.982. The molecular weight excluding hydrogens is 232 g/mol. The van der Waals surface area contributed by atoms with Gasteiger partial charge in [-0.05, 0) is 18.2 Å². The summed E-state index contributed by atoms with van der Waals surface area (Å²) >= 11 is 0. The minimum atomic E-state index is -0.535. The molecule has 96 valence electrons. The Bertz CT molecular complexity index is 401. The molecule has 1 aliphatic rings. The van der Waals surface area contributed by atoms with E-state index in [2.05, 4.69) is 27.0 Å². The number of hydrogen-bond donors (Lipinski definition) is 1. The molecule has 0 aliphatic carbocycles. The number of nitrogens with one attached hydrogen (secondary N) is 1. The van der Waals surface area contributed by atoms with E-state index < -0.39 is 6.10 Å². The Balaban J connectivity index is 2.08. The van der Waals surface area contributed by atoms with Crippen LogP contribution in [0.15, 0.2) is 24.8 Å². The molecule has 0 saturated carbocycles. The third-order valence-electron chi connectivity index (χ3n) is 2.82. The summed E-state index contributed by atoms with van der Waals surface area (Å²) in [5.74, 6) is 0.842. The van der Waals surface area contributed by atoms with Crippen LogP contribution in [0, 0.1) is 0 Å². The molecule has 1 aromatic rings. The van der Waals surface area contributed by atoms with E-state index in [1.807, 2.05) is 6.07 Å². The summed E-state index contributed by atoms with van der Waals surface area (Å²) < 4.78 is 4.84. The minimum Gasteiger partial charge on any atom is -0.454 e. The fourth-order valence-electron chi connectivity index (χ4n) is 1.86. The second-order valence-electron chi connectivity index (χ2n) is 3.94. The van der Waals surface area contributed by atoms with E-state index >= 15 is 0 Å². The van der Waals surface area contributed by atoms with E-state index in [-0.39, 0.29) is 0 Å². The molecule has 1 aromatic heterocycles. The number of anilines is 1. The first-order valence-electron chi connectivity index (χ1n) is 5.86. The number of nitrogens with zero attached hydrogens (tertiary/aromatic N) is 3. The lowest BCUT2D eigenvalue weighted by Crippen LogP contribution is -2.44. The van der Waals surface area contributed by atoms with E-state index in [0.717, 1.165) is 32.0 Å². The van der Waals surface area contributed by atoms with E-state index in [0.29, 0.717) is 12.2 Å². The van der Waals surface area contributed by atoms with Crippen molar-refractivity contribution in [3.8, 4) is 0 Å². The zero-order chi connectivity index (χ0) is 12.8. The van der Waals surface area contributed by atoms with E-state index in [9.17, 15) is 4.79 Å². The molecule has 2 rings (SSSR count). The smallest absolute Gasteiger partial charge is 0.294 e. The highest BCUT2D eigenvalue weighted by atomic mass is 16.5. The standard InChI is InChI=1S/C12H16N4O2/c1-2-11(18-9-17)10-3-4-12(15-14-10)16-7-5-13-6-8-16/h2-4,9,11,13H,1,5-8H2. The number of piperazine rings is 1. The molecule has 1 saturated heterocycles. The fraction of sp³-hybridized carbons (Fsp3) is 0.417. The Morgan fingerprint density at radius 1 is 1.39 bits per heavy atom. The van der Waals surface area contributed by atoms with Gasteiger partial charge in [-0.25, -0.2) is 0 Å².